The smallest absolute Gasteiger partial charge is 0.255 e. The highest BCUT2D eigenvalue weighted by Crippen LogP contribution is 2.30. The first-order valence-corrected chi connectivity index (χ1v) is 8.39. The monoisotopic (exact) mass is 349 g/mol. The summed E-state index contributed by atoms with van der Waals surface area (Å²) in [5.74, 6) is -1.06. The van der Waals surface area contributed by atoms with Crippen LogP contribution >= 0.6 is 11.3 Å². The number of para-hydroxylation sites is 1. The molecular formula is C19H12FN3OS. The molecule has 0 saturated carbocycles. The van der Waals surface area contributed by atoms with Crippen LogP contribution in [0.15, 0.2) is 66.9 Å². The van der Waals surface area contributed by atoms with E-state index >= 15 is 0 Å². The first-order valence-electron chi connectivity index (χ1n) is 7.58. The molecule has 0 aliphatic rings. The molecule has 0 bridgehead atoms. The lowest BCUT2D eigenvalue weighted by Crippen LogP contribution is -2.12. The second-order valence-corrected chi connectivity index (χ2v) is 6.42. The first-order chi connectivity index (χ1) is 12.2. The van der Waals surface area contributed by atoms with E-state index in [1.807, 2.05) is 36.4 Å². The largest absolute Gasteiger partial charge is 0.322 e. The molecule has 6 heteroatoms. The number of rotatable bonds is 3. The highest BCUT2D eigenvalue weighted by atomic mass is 32.1. The number of fused-ring (bicyclic) bond motifs is 1. The molecule has 2 aromatic heterocycles. The Hall–Kier alpha value is -3.12. The molecule has 0 aliphatic carbocycles. The number of pyridine rings is 1. The van der Waals surface area contributed by atoms with E-state index in [1.54, 1.807) is 23.5 Å². The summed E-state index contributed by atoms with van der Waals surface area (Å²) in [6.45, 7) is 0. The quantitative estimate of drug-likeness (QED) is 0.543. The number of carbonyl (C=O) groups is 1. The van der Waals surface area contributed by atoms with Crippen LogP contribution in [0.2, 0.25) is 0 Å². The van der Waals surface area contributed by atoms with Gasteiger partial charge in [-0.05, 0) is 42.5 Å². The SMILES string of the molecule is O=C(Nc1ccc(-c2nc3ccccc3s2)cc1)c1ccnc(F)c1. The topological polar surface area (TPSA) is 54.9 Å². The molecule has 1 N–H and O–H groups in total. The summed E-state index contributed by atoms with van der Waals surface area (Å²) in [5, 5.41) is 3.67. The van der Waals surface area contributed by atoms with Crippen LogP contribution in [0.3, 0.4) is 0 Å². The molecule has 122 valence electrons. The van der Waals surface area contributed by atoms with Gasteiger partial charge in [-0.25, -0.2) is 9.97 Å². The Kier molecular flexibility index (Phi) is 3.95. The highest BCUT2D eigenvalue weighted by Gasteiger charge is 2.09. The summed E-state index contributed by atoms with van der Waals surface area (Å²) in [4.78, 5) is 20.2. The molecule has 0 atom stereocenters. The fourth-order valence-electron chi connectivity index (χ4n) is 2.44. The Morgan fingerprint density at radius 1 is 1.04 bits per heavy atom. The van der Waals surface area contributed by atoms with Crippen molar-refractivity contribution >= 4 is 33.1 Å². The maximum Gasteiger partial charge on any atom is 0.255 e. The van der Waals surface area contributed by atoms with Crippen molar-refractivity contribution in [2.24, 2.45) is 0 Å². The number of hydrogen-bond acceptors (Lipinski definition) is 4. The fourth-order valence-corrected chi connectivity index (χ4v) is 3.41. The van der Waals surface area contributed by atoms with Gasteiger partial charge in [-0.15, -0.1) is 11.3 Å². The zero-order valence-electron chi connectivity index (χ0n) is 12.9. The van der Waals surface area contributed by atoms with Crippen molar-refractivity contribution in [3.05, 3.63) is 78.4 Å². The number of aromatic nitrogens is 2. The van der Waals surface area contributed by atoms with Crippen LogP contribution in [-0.4, -0.2) is 15.9 Å². The molecule has 1 amide bonds. The van der Waals surface area contributed by atoms with E-state index in [1.165, 1.54) is 12.3 Å². The Labute approximate surface area is 147 Å². The van der Waals surface area contributed by atoms with Crippen LogP contribution in [-0.2, 0) is 0 Å². The van der Waals surface area contributed by atoms with Gasteiger partial charge in [0.1, 0.15) is 5.01 Å². The first kappa shape index (κ1) is 15.4. The lowest BCUT2D eigenvalue weighted by Gasteiger charge is -2.06. The number of hydrogen-bond donors (Lipinski definition) is 1. The summed E-state index contributed by atoms with van der Waals surface area (Å²) < 4.78 is 14.2. The van der Waals surface area contributed by atoms with E-state index in [0.29, 0.717) is 5.69 Å². The predicted molar refractivity (Wildman–Crippen MR) is 97.2 cm³/mol. The van der Waals surface area contributed by atoms with Gasteiger partial charge in [0.15, 0.2) is 0 Å². The van der Waals surface area contributed by atoms with E-state index in [9.17, 15) is 9.18 Å². The van der Waals surface area contributed by atoms with Gasteiger partial charge in [0.25, 0.3) is 5.91 Å². The number of benzene rings is 2. The van der Waals surface area contributed by atoms with Gasteiger partial charge in [0, 0.05) is 29.1 Å². The van der Waals surface area contributed by atoms with Crippen molar-refractivity contribution in [1.29, 1.82) is 0 Å². The van der Waals surface area contributed by atoms with E-state index in [2.05, 4.69) is 15.3 Å². The predicted octanol–water partition coefficient (Wildman–Crippen LogP) is 4.75. The fraction of sp³-hybridized carbons (Fsp3) is 0. The molecular weight excluding hydrogens is 337 g/mol. The number of amides is 1. The van der Waals surface area contributed by atoms with Crippen molar-refractivity contribution < 1.29 is 9.18 Å². The molecule has 0 aliphatic heterocycles. The minimum atomic E-state index is -0.682. The molecule has 0 spiro atoms. The number of halogens is 1. The van der Waals surface area contributed by atoms with Crippen LogP contribution in [0.1, 0.15) is 10.4 Å². The van der Waals surface area contributed by atoms with Gasteiger partial charge in [0.2, 0.25) is 5.95 Å². The third-order valence-corrected chi connectivity index (χ3v) is 4.76. The molecule has 4 aromatic rings. The Bertz CT molecular complexity index is 1030. The van der Waals surface area contributed by atoms with Gasteiger partial charge in [0.05, 0.1) is 10.2 Å². The van der Waals surface area contributed by atoms with Gasteiger partial charge >= 0.3 is 0 Å². The molecule has 0 radical (unpaired) electrons. The average molecular weight is 349 g/mol. The van der Waals surface area contributed by atoms with Crippen molar-refractivity contribution in [3.8, 4) is 10.6 Å². The van der Waals surface area contributed by atoms with Crippen molar-refractivity contribution in [1.82, 2.24) is 9.97 Å². The lowest BCUT2D eigenvalue weighted by atomic mass is 10.2. The maximum absolute atomic E-state index is 13.1. The lowest BCUT2D eigenvalue weighted by molar-refractivity contribution is 0.102. The van der Waals surface area contributed by atoms with E-state index < -0.39 is 5.95 Å². The van der Waals surface area contributed by atoms with Crippen molar-refractivity contribution in [2.45, 2.75) is 0 Å². The maximum atomic E-state index is 13.1. The molecule has 2 heterocycles. The molecule has 4 rings (SSSR count). The minimum Gasteiger partial charge on any atom is -0.322 e. The molecule has 0 fully saturated rings. The van der Waals surface area contributed by atoms with Crippen LogP contribution in [0, 0.1) is 5.95 Å². The second kappa shape index (κ2) is 6.41. The standard InChI is InChI=1S/C19H12FN3OS/c20-17-11-13(9-10-21-17)18(24)22-14-7-5-12(6-8-14)19-23-15-3-1-2-4-16(15)25-19/h1-11H,(H,22,24). The third kappa shape index (κ3) is 3.25. The summed E-state index contributed by atoms with van der Waals surface area (Å²) in [6.07, 6.45) is 1.26. The number of carbonyl (C=O) groups excluding carboxylic acids is 1. The summed E-state index contributed by atoms with van der Waals surface area (Å²) in [7, 11) is 0. The summed E-state index contributed by atoms with van der Waals surface area (Å²) in [5.41, 5.74) is 2.81. The highest BCUT2D eigenvalue weighted by molar-refractivity contribution is 7.21. The molecule has 25 heavy (non-hydrogen) atoms. The van der Waals surface area contributed by atoms with Gasteiger partial charge < -0.3 is 5.32 Å². The van der Waals surface area contributed by atoms with Gasteiger partial charge in [-0.3, -0.25) is 4.79 Å². The van der Waals surface area contributed by atoms with Crippen LogP contribution < -0.4 is 5.32 Å². The molecule has 2 aromatic carbocycles. The Morgan fingerprint density at radius 3 is 2.60 bits per heavy atom. The molecule has 4 nitrogen and oxygen atoms in total. The van der Waals surface area contributed by atoms with E-state index in [4.69, 9.17) is 0 Å². The third-order valence-electron chi connectivity index (χ3n) is 3.67. The Morgan fingerprint density at radius 2 is 1.84 bits per heavy atom. The second-order valence-electron chi connectivity index (χ2n) is 5.39. The van der Waals surface area contributed by atoms with Gasteiger partial charge in [-0.1, -0.05) is 12.1 Å². The summed E-state index contributed by atoms with van der Waals surface area (Å²) in [6, 6.07) is 18.0. The van der Waals surface area contributed by atoms with Crippen molar-refractivity contribution in [3.63, 3.8) is 0 Å². The van der Waals surface area contributed by atoms with Crippen LogP contribution in [0.5, 0.6) is 0 Å². The minimum absolute atomic E-state index is 0.225. The zero-order chi connectivity index (χ0) is 17.2. The number of thiazole rings is 1. The number of anilines is 1. The summed E-state index contributed by atoms with van der Waals surface area (Å²) >= 11 is 1.62. The van der Waals surface area contributed by atoms with Crippen LogP contribution in [0.25, 0.3) is 20.8 Å². The Balaban J connectivity index is 1.54. The molecule has 0 saturated heterocycles. The van der Waals surface area contributed by atoms with Crippen molar-refractivity contribution in [2.75, 3.05) is 5.32 Å². The molecule has 0 unspecified atom stereocenters. The zero-order valence-corrected chi connectivity index (χ0v) is 13.8. The van der Waals surface area contributed by atoms with E-state index in [-0.39, 0.29) is 11.5 Å². The van der Waals surface area contributed by atoms with Crippen LogP contribution in [0.4, 0.5) is 10.1 Å². The number of nitrogens with one attached hydrogen (secondary N) is 1. The number of nitrogens with zero attached hydrogens (tertiary/aromatic N) is 2. The van der Waals surface area contributed by atoms with E-state index in [0.717, 1.165) is 26.9 Å². The normalized spacial score (nSPS) is 10.8. The van der Waals surface area contributed by atoms with Gasteiger partial charge in [-0.2, -0.15) is 4.39 Å². The average Bonchev–Trinajstić information content (AvgIpc) is 3.06.